The van der Waals surface area contributed by atoms with Crippen LogP contribution in [0.15, 0.2) is 99.6 Å². The van der Waals surface area contributed by atoms with Gasteiger partial charge in [-0.1, -0.05) is 73.3 Å². The molecule has 1 unspecified atom stereocenters. The SMILES string of the molecule is C=S(=O)(CCc1cc(Sc2ccccc2)c(CC)c2ccccc12)c1ccccc1OCC. The van der Waals surface area contributed by atoms with E-state index in [0.717, 1.165) is 6.42 Å². The molecule has 4 aromatic carbocycles. The fraction of sp³-hybridized carbons (Fsp3) is 0.207. The van der Waals surface area contributed by atoms with Crippen molar-refractivity contribution in [2.45, 2.75) is 41.4 Å². The molecule has 1 atom stereocenters. The molecular weight excluding hydrogens is 444 g/mol. The smallest absolute Gasteiger partial charge is 0.134 e. The van der Waals surface area contributed by atoms with Crippen LogP contribution in [0.1, 0.15) is 25.0 Å². The van der Waals surface area contributed by atoms with Gasteiger partial charge in [0.15, 0.2) is 0 Å². The van der Waals surface area contributed by atoms with E-state index in [0.29, 0.717) is 29.4 Å². The normalized spacial score (nSPS) is 13.0. The molecule has 0 heterocycles. The summed E-state index contributed by atoms with van der Waals surface area (Å²) in [4.78, 5) is 3.20. The van der Waals surface area contributed by atoms with Crippen LogP contribution < -0.4 is 4.74 Å². The molecule has 0 aliphatic rings. The van der Waals surface area contributed by atoms with Crippen molar-refractivity contribution in [2.75, 3.05) is 12.4 Å². The van der Waals surface area contributed by atoms with Gasteiger partial charge in [0.05, 0.1) is 11.5 Å². The molecule has 0 aliphatic heterocycles. The minimum absolute atomic E-state index is 0.474. The number of hydrogen-bond acceptors (Lipinski definition) is 3. The molecule has 0 spiro atoms. The molecule has 2 nitrogen and oxygen atoms in total. The molecule has 0 saturated heterocycles. The number of ether oxygens (including phenoxy) is 1. The lowest BCUT2D eigenvalue weighted by Crippen LogP contribution is -2.11. The van der Waals surface area contributed by atoms with Gasteiger partial charge >= 0.3 is 0 Å². The summed E-state index contributed by atoms with van der Waals surface area (Å²) < 4.78 is 19.4. The molecule has 0 saturated carbocycles. The zero-order valence-corrected chi connectivity index (χ0v) is 20.9. The van der Waals surface area contributed by atoms with Crippen molar-refractivity contribution in [3.8, 4) is 5.75 Å². The lowest BCUT2D eigenvalue weighted by molar-refractivity contribution is 0.332. The third kappa shape index (κ3) is 5.29. The van der Waals surface area contributed by atoms with Gasteiger partial charge in [0.2, 0.25) is 0 Å². The van der Waals surface area contributed by atoms with Crippen LogP contribution in [0.4, 0.5) is 0 Å². The zero-order chi connectivity index (χ0) is 23.3. The van der Waals surface area contributed by atoms with Gasteiger partial charge in [0.25, 0.3) is 0 Å². The van der Waals surface area contributed by atoms with Gasteiger partial charge in [-0.2, -0.15) is 0 Å². The minimum atomic E-state index is -2.50. The molecule has 4 heteroatoms. The summed E-state index contributed by atoms with van der Waals surface area (Å²) in [6.07, 6.45) is 1.65. The Labute approximate surface area is 202 Å². The Bertz CT molecular complexity index is 1340. The van der Waals surface area contributed by atoms with Crippen LogP contribution in [0.5, 0.6) is 5.75 Å². The summed E-state index contributed by atoms with van der Waals surface area (Å²) in [6.45, 7) is 4.69. The first kappa shape index (κ1) is 23.5. The predicted octanol–water partition coefficient (Wildman–Crippen LogP) is 7.27. The highest BCUT2D eigenvalue weighted by Gasteiger charge is 2.17. The van der Waals surface area contributed by atoms with Crippen LogP contribution >= 0.6 is 11.8 Å². The second kappa shape index (κ2) is 10.5. The van der Waals surface area contributed by atoms with E-state index in [2.05, 4.69) is 67.4 Å². The Morgan fingerprint density at radius 1 is 0.879 bits per heavy atom. The highest BCUT2D eigenvalue weighted by Crippen LogP contribution is 2.37. The van der Waals surface area contributed by atoms with Crippen molar-refractivity contribution >= 4 is 37.9 Å². The Morgan fingerprint density at radius 3 is 2.27 bits per heavy atom. The van der Waals surface area contributed by atoms with Crippen LogP contribution in [0, 0.1) is 0 Å². The zero-order valence-electron chi connectivity index (χ0n) is 19.3. The molecule has 0 aliphatic carbocycles. The highest BCUT2D eigenvalue weighted by atomic mass is 32.2. The van der Waals surface area contributed by atoms with Crippen molar-refractivity contribution in [3.05, 3.63) is 96.1 Å². The first-order chi connectivity index (χ1) is 16.0. The Hall–Kier alpha value is -2.69. The first-order valence-corrected chi connectivity index (χ1v) is 14.1. The summed E-state index contributed by atoms with van der Waals surface area (Å²) in [6, 6.07) is 28.9. The second-order valence-corrected chi connectivity index (χ2v) is 11.6. The van der Waals surface area contributed by atoms with Crippen LogP contribution in [-0.2, 0) is 22.4 Å². The molecule has 0 N–H and O–H groups in total. The number of hydrogen-bond donors (Lipinski definition) is 0. The van der Waals surface area contributed by atoms with Crippen LogP contribution in [0.2, 0.25) is 0 Å². The summed E-state index contributed by atoms with van der Waals surface area (Å²) in [5.74, 6) is 5.29. The molecule has 4 rings (SSSR count). The quantitative estimate of drug-likeness (QED) is 0.239. The molecule has 0 aromatic heterocycles. The minimum Gasteiger partial charge on any atom is -0.493 e. The second-order valence-electron chi connectivity index (χ2n) is 7.97. The van der Waals surface area contributed by atoms with E-state index in [1.165, 1.54) is 31.7 Å². The van der Waals surface area contributed by atoms with Gasteiger partial charge in [-0.15, -0.1) is 0 Å². The lowest BCUT2D eigenvalue weighted by Gasteiger charge is -2.18. The number of rotatable bonds is 9. The Balaban J connectivity index is 1.72. The fourth-order valence-corrected chi connectivity index (χ4v) is 6.89. The van der Waals surface area contributed by atoms with Crippen LogP contribution in [0.25, 0.3) is 10.8 Å². The Morgan fingerprint density at radius 2 is 1.55 bits per heavy atom. The van der Waals surface area contributed by atoms with E-state index in [1.54, 1.807) is 11.8 Å². The average Bonchev–Trinajstić information content (AvgIpc) is 2.84. The summed E-state index contributed by atoms with van der Waals surface area (Å²) in [7, 11) is -2.50. The number of aryl methyl sites for hydroxylation is 2. The first-order valence-electron chi connectivity index (χ1n) is 11.4. The molecular formula is C29H30O2S2. The van der Waals surface area contributed by atoms with E-state index >= 15 is 0 Å². The van der Waals surface area contributed by atoms with Gasteiger partial charge < -0.3 is 4.74 Å². The summed E-state index contributed by atoms with van der Waals surface area (Å²) in [5.41, 5.74) is 2.58. The largest absolute Gasteiger partial charge is 0.493 e. The van der Waals surface area contributed by atoms with Crippen LogP contribution in [0.3, 0.4) is 0 Å². The molecule has 0 fully saturated rings. The van der Waals surface area contributed by atoms with Gasteiger partial charge in [-0.3, -0.25) is 4.21 Å². The van der Waals surface area contributed by atoms with Crippen molar-refractivity contribution in [2.24, 2.45) is 0 Å². The highest BCUT2D eigenvalue weighted by molar-refractivity contribution is 8.00. The number of para-hydroxylation sites is 1. The molecule has 170 valence electrons. The van der Waals surface area contributed by atoms with Crippen molar-refractivity contribution in [1.82, 2.24) is 0 Å². The maximum absolute atomic E-state index is 13.7. The van der Waals surface area contributed by atoms with Crippen LogP contribution in [-0.4, -0.2) is 22.4 Å². The van der Waals surface area contributed by atoms with E-state index < -0.39 is 9.52 Å². The standard InChI is InChI=1S/C29H30O2S2/c1-4-24-26-16-10-9-15-25(26)22(21-28(24)32-23-13-7-6-8-14-23)19-20-33(3,30)29-18-12-11-17-27(29)31-5-2/h6-18,21H,3-5,19-20H2,1-2H3. The van der Waals surface area contributed by atoms with E-state index in [9.17, 15) is 4.21 Å². The van der Waals surface area contributed by atoms with Gasteiger partial charge in [0.1, 0.15) is 5.75 Å². The molecule has 33 heavy (non-hydrogen) atoms. The fourth-order valence-electron chi connectivity index (χ4n) is 4.18. The number of benzene rings is 4. The van der Waals surface area contributed by atoms with Gasteiger partial charge in [-0.25, -0.2) is 0 Å². The van der Waals surface area contributed by atoms with Gasteiger partial charge in [-0.05, 0) is 87.4 Å². The van der Waals surface area contributed by atoms with Crippen molar-refractivity contribution in [3.63, 3.8) is 0 Å². The van der Waals surface area contributed by atoms with Crippen molar-refractivity contribution < 1.29 is 8.95 Å². The summed E-state index contributed by atoms with van der Waals surface area (Å²) in [5, 5.41) is 2.52. The van der Waals surface area contributed by atoms with Crippen molar-refractivity contribution in [1.29, 1.82) is 0 Å². The molecule has 0 bridgehead atoms. The third-order valence-corrected chi connectivity index (χ3v) is 8.87. The third-order valence-electron chi connectivity index (χ3n) is 5.78. The monoisotopic (exact) mass is 474 g/mol. The predicted molar refractivity (Wildman–Crippen MR) is 144 cm³/mol. The van der Waals surface area contributed by atoms with E-state index in [4.69, 9.17) is 4.74 Å². The van der Waals surface area contributed by atoms with E-state index in [-0.39, 0.29) is 0 Å². The Kier molecular flexibility index (Phi) is 7.46. The maximum Gasteiger partial charge on any atom is 0.134 e. The molecule has 4 aromatic rings. The number of fused-ring (bicyclic) bond motifs is 1. The van der Waals surface area contributed by atoms with Gasteiger partial charge in [0, 0.05) is 15.5 Å². The average molecular weight is 475 g/mol. The molecule has 0 radical (unpaired) electrons. The maximum atomic E-state index is 13.7. The van der Waals surface area contributed by atoms with E-state index in [1.807, 2.05) is 37.3 Å². The summed E-state index contributed by atoms with van der Waals surface area (Å²) >= 11 is 1.80. The lowest BCUT2D eigenvalue weighted by atomic mass is 9.97. The topological polar surface area (TPSA) is 26.3 Å². The molecule has 0 amide bonds.